The number of rotatable bonds is 18. The van der Waals surface area contributed by atoms with Crippen molar-refractivity contribution in [3.05, 3.63) is 0 Å². The Kier molecular flexibility index (Phi) is 16.7. The van der Waals surface area contributed by atoms with E-state index in [4.69, 9.17) is 0 Å². The van der Waals surface area contributed by atoms with Crippen molar-refractivity contribution >= 4 is 11.9 Å². The summed E-state index contributed by atoms with van der Waals surface area (Å²) in [6.45, 7) is 6.07. The molecule has 0 saturated carbocycles. The van der Waals surface area contributed by atoms with Crippen molar-refractivity contribution < 1.29 is 14.7 Å². The summed E-state index contributed by atoms with van der Waals surface area (Å²) in [5, 5.41) is 11.9. The number of unbranched alkanes of at least 4 members (excludes halogenated alkanes) is 12. The van der Waals surface area contributed by atoms with Crippen LogP contribution >= 0.6 is 0 Å². The van der Waals surface area contributed by atoms with Crippen LogP contribution in [0.5, 0.6) is 0 Å². The largest absolute Gasteiger partial charge is 0.480 e. The Balaban J connectivity index is 3.49. The first kappa shape index (κ1) is 24.9. The van der Waals surface area contributed by atoms with Gasteiger partial charge in [0.15, 0.2) is 0 Å². The maximum atomic E-state index is 11.9. The second kappa shape index (κ2) is 17.4. The number of hydrogen-bond acceptors (Lipinski definition) is 2. The Hall–Kier alpha value is -1.06. The molecule has 2 atom stereocenters. The van der Waals surface area contributed by atoms with E-state index in [2.05, 4.69) is 12.2 Å². The topological polar surface area (TPSA) is 66.4 Å². The van der Waals surface area contributed by atoms with E-state index < -0.39 is 12.0 Å². The van der Waals surface area contributed by atoms with Crippen LogP contribution in [-0.2, 0) is 9.59 Å². The van der Waals surface area contributed by atoms with E-state index in [1.54, 1.807) is 0 Å². The van der Waals surface area contributed by atoms with Gasteiger partial charge in [-0.1, -0.05) is 104 Å². The van der Waals surface area contributed by atoms with Crippen LogP contribution in [0.4, 0.5) is 0 Å². The van der Waals surface area contributed by atoms with Crippen molar-refractivity contribution in [3.63, 3.8) is 0 Å². The monoisotopic (exact) mass is 369 g/mol. The fourth-order valence-corrected chi connectivity index (χ4v) is 3.23. The van der Waals surface area contributed by atoms with E-state index >= 15 is 0 Å². The van der Waals surface area contributed by atoms with Gasteiger partial charge in [0.05, 0.1) is 0 Å². The lowest BCUT2D eigenvalue weighted by molar-refractivity contribution is -0.143. The van der Waals surface area contributed by atoms with Crippen molar-refractivity contribution in [1.29, 1.82) is 0 Å². The number of carbonyl (C=O) groups excluding carboxylic acids is 1. The summed E-state index contributed by atoms with van der Waals surface area (Å²) < 4.78 is 0. The lowest BCUT2D eigenvalue weighted by Crippen LogP contribution is -2.44. The van der Waals surface area contributed by atoms with E-state index in [1.165, 1.54) is 70.6 Å². The first-order valence-electron chi connectivity index (χ1n) is 11.0. The van der Waals surface area contributed by atoms with Crippen molar-refractivity contribution in [2.24, 2.45) is 5.92 Å². The van der Waals surface area contributed by atoms with Crippen LogP contribution in [0.1, 0.15) is 117 Å². The highest BCUT2D eigenvalue weighted by Gasteiger charge is 2.24. The molecule has 0 aliphatic carbocycles. The minimum atomic E-state index is -0.932. The molecule has 0 fully saturated rings. The third kappa shape index (κ3) is 14.1. The van der Waals surface area contributed by atoms with E-state index in [0.717, 1.165) is 19.3 Å². The number of amides is 1. The summed E-state index contributed by atoms with van der Waals surface area (Å²) in [6, 6.07) is -0.755. The molecule has 0 aliphatic rings. The molecule has 0 saturated heterocycles. The summed E-state index contributed by atoms with van der Waals surface area (Å²) >= 11 is 0. The number of carboxylic acid groups (broad SMARTS) is 1. The molecule has 0 aromatic heterocycles. The molecule has 154 valence electrons. The van der Waals surface area contributed by atoms with Gasteiger partial charge < -0.3 is 10.4 Å². The summed E-state index contributed by atoms with van der Waals surface area (Å²) in [7, 11) is 0. The number of carboxylic acids is 1. The highest BCUT2D eigenvalue weighted by Crippen LogP contribution is 2.13. The predicted molar refractivity (Wildman–Crippen MR) is 109 cm³/mol. The summed E-state index contributed by atoms with van der Waals surface area (Å²) in [5.74, 6) is -1.10. The maximum Gasteiger partial charge on any atom is 0.326 e. The molecule has 0 aromatic rings. The van der Waals surface area contributed by atoms with Gasteiger partial charge in [0.25, 0.3) is 0 Å². The van der Waals surface area contributed by atoms with Crippen LogP contribution in [-0.4, -0.2) is 23.0 Å². The van der Waals surface area contributed by atoms with Gasteiger partial charge in [-0.2, -0.15) is 0 Å². The van der Waals surface area contributed by atoms with Gasteiger partial charge >= 0.3 is 5.97 Å². The third-order valence-electron chi connectivity index (χ3n) is 5.30. The highest BCUT2D eigenvalue weighted by molar-refractivity contribution is 5.83. The van der Waals surface area contributed by atoms with Crippen LogP contribution < -0.4 is 5.32 Å². The van der Waals surface area contributed by atoms with Crippen LogP contribution in [0.15, 0.2) is 0 Å². The number of nitrogens with one attached hydrogen (secondary N) is 1. The molecule has 0 radical (unpaired) electrons. The highest BCUT2D eigenvalue weighted by atomic mass is 16.4. The number of carbonyl (C=O) groups is 2. The van der Waals surface area contributed by atoms with E-state index in [9.17, 15) is 14.7 Å². The molecule has 0 aliphatic heterocycles. The lowest BCUT2D eigenvalue weighted by atomic mass is 9.99. The zero-order chi connectivity index (χ0) is 19.6. The quantitative estimate of drug-likeness (QED) is 0.288. The van der Waals surface area contributed by atoms with Crippen LogP contribution in [0.25, 0.3) is 0 Å². The Morgan fingerprint density at radius 3 is 1.58 bits per heavy atom. The van der Waals surface area contributed by atoms with Crippen LogP contribution in [0.2, 0.25) is 0 Å². The van der Waals surface area contributed by atoms with Gasteiger partial charge in [0, 0.05) is 6.42 Å². The SMILES string of the molecule is CCCCCCCCCCCCCCCC(=O)N[C@H](C(=O)O)[C@@H](C)CC. The van der Waals surface area contributed by atoms with Crippen molar-refractivity contribution in [2.75, 3.05) is 0 Å². The molecule has 1 amide bonds. The van der Waals surface area contributed by atoms with E-state index in [0.29, 0.717) is 6.42 Å². The molecule has 2 N–H and O–H groups in total. The molecular formula is C22H43NO3. The molecular weight excluding hydrogens is 326 g/mol. The Labute approximate surface area is 161 Å². The Morgan fingerprint density at radius 2 is 1.19 bits per heavy atom. The Morgan fingerprint density at radius 1 is 0.769 bits per heavy atom. The normalized spacial score (nSPS) is 13.3. The smallest absolute Gasteiger partial charge is 0.326 e. The summed E-state index contributed by atoms with van der Waals surface area (Å²) in [4.78, 5) is 23.1. The third-order valence-corrected chi connectivity index (χ3v) is 5.30. The van der Waals surface area contributed by atoms with Gasteiger partial charge in [0.2, 0.25) is 5.91 Å². The van der Waals surface area contributed by atoms with E-state index in [-0.39, 0.29) is 11.8 Å². The standard InChI is InChI=1S/C22H43NO3/c1-4-6-7-8-9-10-11-12-13-14-15-16-17-18-20(24)23-21(22(25)26)19(3)5-2/h19,21H,4-18H2,1-3H3,(H,23,24)(H,25,26)/t19-,21-/m0/s1. The van der Waals surface area contributed by atoms with Gasteiger partial charge in [-0.25, -0.2) is 4.79 Å². The van der Waals surface area contributed by atoms with Crippen molar-refractivity contribution in [1.82, 2.24) is 5.32 Å². The average molecular weight is 370 g/mol. The molecule has 0 unspecified atom stereocenters. The molecule has 0 heterocycles. The van der Waals surface area contributed by atoms with Crippen LogP contribution in [0, 0.1) is 5.92 Å². The summed E-state index contributed by atoms with van der Waals surface area (Å²) in [5.41, 5.74) is 0. The van der Waals surface area contributed by atoms with Crippen LogP contribution in [0.3, 0.4) is 0 Å². The molecule has 4 nitrogen and oxygen atoms in total. The molecule has 0 bridgehead atoms. The van der Waals surface area contributed by atoms with Gasteiger partial charge in [-0.3, -0.25) is 4.79 Å². The van der Waals surface area contributed by atoms with Gasteiger partial charge in [0.1, 0.15) is 6.04 Å². The van der Waals surface area contributed by atoms with Gasteiger partial charge in [-0.15, -0.1) is 0 Å². The Bertz CT molecular complexity index is 357. The average Bonchev–Trinajstić information content (AvgIpc) is 2.62. The zero-order valence-electron chi connectivity index (χ0n) is 17.5. The molecule has 0 aromatic carbocycles. The first-order chi connectivity index (χ1) is 12.5. The molecule has 0 rings (SSSR count). The lowest BCUT2D eigenvalue weighted by Gasteiger charge is -2.20. The first-order valence-corrected chi connectivity index (χ1v) is 11.0. The van der Waals surface area contributed by atoms with Crippen molar-refractivity contribution in [2.45, 2.75) is 123 Å². The second-order valence-corrected chi connectivity index (χ2v) is 7.76. The number of hydrogen-bond donors (Lipinski definition) is 2. The fraction of sp³-hybridized carbons (Fsp3) is 0.909. The zero-order valence-corrected chi connectivity index (χ0v) is 17.5. The van der Waals surface area contributed by atoms with Crippen molar-refractivity contribution in [3.8, 4) is 0 Å². The fourth-order valence-electron chi connectivity index (χ4n) is 3.23. The molecule has 26 heavy (non-hydrogen) atoms. The maximum absolute atomic E-state index is 11.9. The number of aliphatic carboxylic acids is 1. The minimum Gasteiger partial charge on any atom is -0.480 e. The van der Waals surface area contributed by atoms with Gasteiger partial charge in [-0.05, 0) is 12.3 Å². The minimum absolute atomic E-state index is 0.0388. The summed E-state index contributed by atoms with van der Waals surface area (Å²) in [6.07, 6.45) is 17.8. The molecule has 4 heteroatoms. The second-order valence-electron chi connectivity index (χ2n) is 7.76. The van der Waals surface area contributed by atoms with E-state index in [1.807, 2.05) is 13.8 Å². The predicted octanol–water partition coefficient (Wildman–Crippen LogP) is 6.08. The molecule has 0 spiro atoms.